The van der Waals surface area contributed by atoms with Crippen LogP contribution >= 0.6 is 12.2 Å². The van der Waals surface area contributed by atoms with E-state index in [0.29, 0.717) is 31.9 Å². The first-order valence-corrected chi connectivity index (χ1v) is 10.0. The fourth-order valence-corrected chi connectivity index (χ4v) is 3.88. The molecule has 156 valence electrons. The summed E-state index contributed by atoms with van der Waals surface area (Å²) >= 11 is 5.14. The van der Waals surface area contributed by atoms with E-state index in [2.05, 4.69) is 0 Å². The van der Waals surface area contributed by atoms with Crippen molar-refractivity contribution in [3.8, 4) is 0 Å². The molecule has 30 heavy (non-hydrogen) atoms. The van der Waals surface area contributed by atoms with Gasteiger partial charge in [0, 0.05) is 49.8 Å². The highest BCUT2D eigenvalue weighted by atomic mass is 32.1. The van der Waals surface area contributed by atoms with E-state index >= 15 is 0 Å². The van der Waals surface area contributed by atoms with E-state index < -0.39 is 11.8 Å². The molecular weight excluding hydrogens is 404 g/mol. The van der Waals surface area contributed by atoms with Crippen LogP contribution in [-0.4, -0.2) is 82.5 Å². The average molecular weight is 426 g/mol. The lowest BCUT2D eigenvalue weighted by molar-refractivity contribution is -0.136. The predicted molar refractivity (Wildman–Crippen MR) is 115 cm³/mol. The third-order valence-electron chi connectivity index (χ3n) is 5.43. The first-order chi connectivity index (χ1) is 14.4. The first-order valence-electron chi connectivity index (χ1n) is 9.63. The minimum Gasteiger partial charge on any atom is -0.378 e. The van der Waals surface area contributed by atoms with E-state index in [0.717, 1.165) is 10.9 Å². The van der Waals surface area contributed by atoms with Crippen molar-refractivity contribution in [3.05, 3.63) is 41.6 Å². The van der Waals surface area contributed by atoms with Crippen molar-refractivity contribution in [1.82, 2.24) is 19.3 Å². The molecule has 0 atom stereocenters. The molecule has 4 rings (SSSR count). The number of amides is 3. The minimum absolute atomic E-state index is 0.00731. The Morgan fingerprint density at radius 2 is 1.73 bits per heavy atom. The van der Waals surface area contributed by atoms with Crippen LogP contribution < -0.4 is 0 Å². The Kier molecular flexibility index (Phi) is 5.40. The number of ether oxygens (including phenoxy) is 1. The van der Waals surface area contributed by atoms with Gasteiger partial charge in [-0.1, -0.05) is 18.2 Å². The lowest BCUT2D eigenvalue weighted by Gasteiger charge is -2.31. The van der Waals surface area contributed by atoms with Crippen LogP contribution in [0.3, 0.4) is 0 Å². The number of likely N-dealkylation sites (N-methyl/N-ethyl adjacent to an activating group) is 2. The lowest BCUT2D eigenvalue weighted by Crippen LogP contribution is -2.52. The van der Waals surface area contributed by atoms with Gasteiger partial charge in [-0.25, -0.2) is 0 Å². The molecule has 0 radical (unpaired) electrons. The second-order valence-electron chi connectivity index (χ2n) is 7.29. The molecule has 0 saturated carbocycles. The van der Waals surface area contributed by atoms with E-state index in [1.807, 2.05) is 35.0 Å². The van der Waals surface area contributed by atoms with E-state index in [1.165, 1.54) is 9.80 Å². The van der Waals surface area contributed by atoms with Gasteiger partial charge in [0.15, 0.2) is 5.11 Å². The minimum atomic E-state index is -0.440. The van der Waals surface area contributed by atoms with Gasteiger partial charge in [0.05, 0.1) is 13.2 Å². The summed E-state index contributed by atoms with van der Waals surface area (Å²) < 4.78 is 7.17. The number of thiocarbonyl (C=S) groups is 1. The number of carbonyl (C=O) groups excluding carboxylic acids is 3. The number of para-hydroxylation sites is 1. The molecular formula is C21H22N4O4S. The Morgan fingerprint density at radius 1 is 1.10 bits per heavy atom. The molecule has 9 heteroatoms. The van der Waals surface area contributed by atoms with Crippen LogP contribution in [0.1, 0.15) is 5.56 Å². The molecule has 2 aromatic rings. The highest BCUT2D eigenvalue weighted by molar-refractivity contribution is 7.80. The number of hydrogen-bond acceptors (Lipinski definition) is 5. The van der Waals surface area contributed by atoms with Crippen molar-refractivity contribution in [1.29, 1.82) is 0 Å². The van der Waals surface area contributed by atoms with Gasteiger partial charge in [0.25, 0.3) is 11.8 Å². The second-order valence-corrected chi connectivity index (χ2v) is 7.66. The summed E-state index contributed by atoms with van der Waals surface area (Å²) in [5.41, 5.74) is 1.60. The maximum atomic E-state index is 12.7. The average Bonchev–Trinajstić information content (AvgIpc) is 3.12. The fourth-order valence-electron chi connectivity index (χ4n) is 3.71. The molecule has 3 amide bonds. The van der Waals surface area contributed by atoms with E-state index in [4.69, 9.17) is 17.0 Å². The zero-order valence-corrected chi connectivity index (χ0v) is 17.6. The van der Waals surface area contributed by atoms with Crippen molar-refractivity contribution in [2.45, 2.75) is 6.54 Å². The van der Waals surface area contributed by atoms with Gasteiger partial charge in [-0.2, -0.15) is 0 Å². The largest absolute Gasteiger partial charge is 0.378 e. The van der Waals surface area contributed by atoms with E-state index in [1.54, 1.807) is 25.1 Å². The van der Waals surface area contributed by atoms with Gasteiger partial charge in [0.1, 0.15) is 12.1 Å². The molecule has 3 heterocycles. The van der Waals surface area contributed by atoms with Crippen molar-refractivity contribution in [3.63, 3.8) is 0 Å². The number of benzene rings is 1. The van der Waals surface area contributed by atoms with Gasteiger partial charge in [0.2, 0.25) is 5.91 Å². The molecule has 2 aliphatic heterocycles. The van der Waals surface area contributed by atoms with E-state index in [9.17, 15) is 14.4 Å². The number of carbonyl (C=O) groups is 3. The number of rotatable bonds is 3. The molecule has 1 aromatic carbocycles. The number of aromatic nitrogens is 1. The number of hydrogen-bond donors (Lipinski definition) is 0. The summed E-state index contributed by atoms with van der Waals surface area (Å²) in [5, 5.41) is 1.03. The van der Waals surface area contributed by atoms with Gasteiger partial charge < -0.3 is 14.2 Å². The Bertz CT molecular complexity index is 1060. The molecule has 0 aliphatic carbocycles. The monoisotopic (exact) mass is 426 g/mol. The quantitative estimate of drug-likeness (QED) is 0.417. The maximum Gasteiger partial charge on any atom is 0.265 e. The SMILES string of the molecule is CN1C(=O)C(=Cc2cn(CC(=O)N3CCOCC3)c3ccccc23)C(=O)N(C)C1=S. The van der Waals surface area contributed by atoms with Crippen LogP contribution in [0.2, 0.25) is 0 Å². The van der Waals surface area contributed by atoms with Gasteiger partial charge in [-0.05, 0) is 24.4 Å². The van der Waals surface area contributed by atoms with E-state index in [-0.39, 0.29) is 23.1 Å². The molecule has 1 aromatic heterocycles. The maximum absolute atomic E-state index is 12.7. The Labute approximate surface area is 179 Å². The van der Waals surface area contributed by atoms with Crippen LogP contribution in [0.25, 0.3) is 17.0 Å². The fraction of sp³-hybridized carbons (Fsp3) is 0.333. The van der Waals surface area contributed by atoms with Crippen molar-refractivity contribution < 1.29 is 19.1 Å². The Hall–Kier alpha value is -3.04. The highest BCUT2D eigenvalue weighted by Gasteiger charge is 2.35. The summed E-state index contributed by atoms with van der Waals surface area (Å²) in [6.45, 7) is 2.42. The second kappa shape index (κ2) is 8.00. The molecule has 2 aliphatic rings. The highest BCUT2D eigenvalue weighted by Crippen LogP contribution is 2.26. The summed E-state index contributed by atoms with van der Waals surface area (Å²) in [4.78, 5) is 42.4. The third kappa shape index (κ3) is 3.50. The number of nitrogens with zero attached hydrogens (tertiary/aromatic N) is 4. The van der Waals surface area contributed by atoms with Gasteiger partial charge >= 0.3 is 0 Å². The van der Waals surface area contributed by atoms with Crippen LogP contribution in [0.15, 0.2) is 36.0 Å². The summed E-state index contributed by atoms with van der Waals surface area (Å²) in [5.74, 6) is -0.874. The van der Waals surface area contributed by atoms with Gasteiger partial charge in [-0.15, -0.1) is 0 Å². The molecule has 2 saturated heterocycles. The zero-order valence-electron chi connectivity index (χ0n) is 16.8. The standard InChI is InChI=1S/C21H22N4O4S/c1-22-19(27)16(20(28)23(2)21(22)30)11-14-12-25(17-6-4-3-5-15(14)17)13-18(26)24-7-9-29-10-8-24/h3-6,11-12H,7-10,13H2,1-2H3. The summed E-state index contributed by atoms with van der Waals surface area (Å²) in [6, 6.07) is 7.61. The van der Waals surface area contributed by atoms with Crippen LogP contribution in [0.4, 0.5) is 0 Å². The molecule has 0 spiro atoms. The normalized spacial score (nSPS) is 17.9. The Balaban J connectivity index is 1.71. The third-order valence-corrected chi connectivity index (χ3v) is 5.98. The van der Waals surface area contributed by atoms with Crippen molar-refractivity contribution >= 4 is 52.0 Å². The lowest BCUT2D eigenvalue weighted by atomic mass is 10.1. The molecule has 0 N–H and O–H groups in total. The van der Waals surface area contributed by atoms with Gasteiger partial charge in [-0.3, -0.25) is 24.2 Å². The molecule has 2 fully saturated rings. The Morgan fingerprint density at radius 3 is 2.40 bits per heavy atom. The molecule has 8 nitrogen and oxygen atoms in total. The molecule has 0 unspecified atom stereocenters. The van der Waals surface area contributed by atoms with Crippen molar-refractivity contribution in [2.24, 2.45) is 0 Å². The van der Waals surface area contributed by atoms with Crippen molar-refractivity contribution in [2.75, 3.05) is 40.4 Å². The van der Waals surface area contributed by atoms with Crippen LogP contribution in [0.5, 0.6) is 0 Å². The predicted octanol–water partition coefficient (Wildman–Crippen LogP) is 1.10. The van der Waals surface area contributed by atoms with Crippen LogP contribution in [0, 0.1) is 0 Å². The first kappa shape index (κ1) is 20.2. The zero-order chi connectivity index (χ0) is 21.4. The molecule has 0 bridgehead atoms. The topological polar surface area (TPSA) is 75.1 Å². The van der Waals surface area contributed by atoms with Crippen LogP contribution in [-0.2, 0) is 25.7 Å². The summed E-state index contributed by atoms with van der Waals surface area (Å²) in [7, 11) is 3.09. The number of fused-ring (bicyclic) bond motifs is 1. The number of morpholine rings is 1. The summed E-state index contributed by atoms with van der Waals surface area (Å²) in [6.07, 6.45) is 3.39. The smallest absolute Gasteiger partial charge is 0.265 e.